The Bertz CT molecular complexity index is 297. The van der Waals surface area contributed by atoms with Crippen LogP contribution >= 0.6 is 24.8 Å². The van der Waals surface area contributed by atoms with Gasteiger partial charge >= 0.3 is 0 Å². The van der Waals surface area contributed by atoms with Gasteiger partial charge in [0.2, 0.25) is 0 Å². The molecule has 0 aliphatic carbocycles. The van der Waals surface area contributed by atoms with Crippen molar-refractivity contribution in [1.82, 2.24) is 4.98 Å². The van der Waals surface area contributed by atoms with Crippen molar-refractivity contribution >= 4 is 36.4 Å². The Hall–Kier alpha value is -1.07. The Labute approximate surface area is 107 Å². The minimum absolute atomic E-state index is 0. The molecular weight excluding hydrogens is 253 g/mol. The van der Waals surface area contributed by atoms with Crippen molar-refractivity contribution in [1.29, 1.82) is 0 Å². The van der Waals surface area contributed by atoms with E-state index in [2.05, 4.69) is 4.98 Å². The summed E-state index contributed by atoms with van der Waals surface area (Å²) >= 11 is 0. The number of nitrogen functional groups attached to an aromatic ring is 2. The zero-order chi connectivity index (χ0) is 10.6. The van der Waals surface area contributed by atoms with Crippen molar-refractivity contribution in [2.75, 3.05) is 24.7 Å². The third kappa shape index (κ3) is 4.20. The normalized spacial score (nSPS) is 8.62. The van der Waals surface area contributed by atoms with E-state index in [1.54, 1.807) is 6.07 Å². The molecule has 1 rings (SSSR count). The number of nitrogens with two attached hydrogens (primary N) is 2. The number of pyridine rings is 1. The molecule has 0 aliphatic heterocycles. The minimum atomic E-state index is 0. The van der Waals surface area contributed by atoms with E-state index < -0.39 is 0 Å². The standard InChI is InChI=1S/C9H15N3O2.2ClH/c1-3-13-6-5-7(14-4-2)9(11)12-8(6)10;;/h5H,3-4H2,1-2H3,(H4,10,11,12);2*1H. The van der Waals surface area contributed by atoms with E-state index in [0.717, 1.165) is 0 Å². The fraction of sp³-hybridized carbons (Fsp3) is 0.444. The van der Waals surface area contributed by atoms with Crippen LogP contribution in [0.1, 0.15) is 13.8 Å². The van der Waals surface area contributed by atoms with Crippen LogP contribution in [0.15, 0.2) is 6.07 Å². The number of hydrogen-bond acceptors (Lipinski definition) is 5. The Kier molecular flexibility index (Phi) is 8.80. The average Bonchev–Trinajstić information content (AvgIpc) is 2.14. The summed E-state index contributed by atoms with van der Waals surface area (Å²) in [5.74, 6) is 1.58. The number of hydrogen-bond donors (Lipinski definition) is 2. The molecule has 7 heteroatoms. The summed E-state index contributed by atoms with van der Waals surface area (Å²) in [5, 5.41) is 0. The fourth-order valence-corrected chi connectivity index (χ4v) is 1.05. The van der Waals surface area contributed by atoms with Crippen molar-refractivity contribution in [2.45, 2.75) is 13.8 Å². The van der Waals surface area contributed by atoms with Crippen LogP contribution in [-0.2, 0) is 0 Å². The molecule has 5 nitrogen and oxygen atoms in total. The van der Waals surface area contributed by atoms with Gasteiger partial charge in [-0.2, -0.15) is 0 Å². The lowest BCUT2D eigenvalue weighted by molar-refractivity contribution is 0.323. The molecule has 1 heterocycles. The smallest absolute Gasteiger partial charge is 0.168 e. The molecule has 0 fully saturated rings. The van der Waals surface area contributed by atoms with Gasteiger partial charge in [-0.25, -0.2) is 4.98 Å². The predicted octanol–water partition coefficient (Wildman–Crippen LogP) is 1.89. The Morgan fingerprint density at radius 3 is 1.69 bits per heavy atom. The van der Waals surface area contributed by atoms with Gasteiger partial charge in [0.25, 0.3) is 0 Å². The number of ether oxygens (including phenoxy) is 2. The van der Waals surface area contributed by atoms with Crippen molar-refractivity contribution in [3.05, 3.63) is 6.07 Å². The summed E-state index contributed by atoms with van der Waals surface area (Å²) in [6.45, 7) is 4.80. The summed E-state index contributed by atoms with van der Waals surface area (Å²) in [6.07, 6.45) is 0. The molecule has 0 amide bonds. The van der Waals surface area contributed by atoms with Crippen molar-refractivity contribution in [3.63, 3.8) is 0 Å². The highest BCUT2D eigenvalue weighted by Crippen LogP contribution is 2.29. The lowest BCUT2D eigenvalue weighted by Gasteiger charge is -2.10. The molecule has 4 N–H and O–H groups in total. The summed E-state index contributed by atoms with van der Waals surface area (Å²) in [6, 6.07) is 1.66. The first-order valence-electron chi connectivity index (χ1n) is 4.50. The van der Waals surface area contributed by atoms with Crippen LogP contribution in [0.3, 0.4) is 0 Å². The molecule has 1 aromatic rings. The molecule has 0 aromatic carbocycles. The maximum absolute atomic E-state index is 5.60. The highest BCUT2D eigenvalue weighted by molar-refractivity contribution is 5.85. The lowest BCUT2D eigenvalue weighted by atomic mass is 10.3. The van der Waals surface area contributed by atoms with Gasteiger partial charge in [0.1, 0.15) is 0 Å². The molecule has 0 saturated heterocycles. The van der Waals surface area contributed by atoms with Gasteiger partial charge in [0, 0.05) is 6.07 Å². The molecule has 0 unspecified atom stereocenters. The van der Waals surface area contributed by atoms with Crippen molar-refractivity contribution in [2.24, 2.45) is 0 Å². The van der Waals surface area contributed by atoms with Crippen LogP contribution in [0.5, 0.6) is 11.5 Å². The molecule has 0 saturated carbocycles. The molecule has 0 atom stereocenters. The van der Waals surface area contributed by atoms with Gasteiger partial charge in [0.15, 0.2) is 23.1 Å². The van der Waals surface area contributed by atoms with E-state index in [0.29, 0.717) is 24.7 Å². The lowest BCUT2D eigenvalue weighted by Crippen LogP contribution is -2.05. The molecule has 0 spiro atoms. The Morgan fingerprint density at radius 1 is 1.00 bits per heavy atom. The third-order valence-electron chi connectivity index (χ3n) is 1.61. The van der Waals surface area contributed by atoms with E-state index in [-0.39, 0.29) is 36.4 Å². The molecule has 0 aliphatic rings. The topological polar surface area (TPSA) is 83.4 Å². The summed E-state index contributed by atoms with van der Waals surface area (Å²) in [5.41, 5.74) is 11.2. The van der Waals surface area contributed by atoms with Crippen molar-refractivity contribution < 1.29 is 9.47 Å². The maximum atomic E-state index is 5.60. The van der Waals surface area contributed by atoms with Gasteiger partial charge in [0.05, 0.1) is 13.2 Å². The van der Waals surface area contributed by atoms with Crippen LogP contribution in [0, 0.1) is 0 Å². The van der Waals surface area contributed by atoms with Gasteiger partial charge in [-0.05, 0) is 13.8 Å². The first-order valence-corrected chi connectivity index (χ1v) is 4.50. The van der Waals surface area contributed by atoms with Gasteiger partial charge in [-0.3, -0.25) is 0 Å². The third-order valence-corrected chi connectivity index (χ3v) is 1.61. The number of nitrogens with zero attached hydrogens (tertiary/aromatic N) is 1. The van der Waals surface area contributed by atoms with Crippen molar-refractivity contribution in [3.8, 4) is 11.5 Å². The van der Waals surface area contributed by atoms with Crippen LogP contribution in [0.4, 0.5) is 11.6 Å². The number of halogens is 2. The molecule has 94 valence electrons. The van der Waals surface area contributed by atoms with E-state index in [1.807, 2.05) is 13.8 Å². The second kappa shape index (κ2) is 8.13. The number of anilines is 2. The molecule has 0 bridgehead atoms. The molecular formula is C9H17Cl2N3O2. The number of aromatic nitrogens is 1. The summed E-state index contributed by atoms with van der Waals surface area (Å²) in [4.78, 5) is 3.92. The van der Waals surface area contributed by atoms with E-state index in [1.165, 1.54) is 0 Å². The molecule has 16 heavy (non-hydrogen) atoms. The fourth-order valence-electron chi connectivity index (χ4n) is 1.05. The highest BCUT2D eigenvalue weighted by atomic mass is 35.5. The van der Waals surface area contributed by atoms with Crippen LogP contribution in [-0.4, -0.2) is 18.2 Å². The minimum Gasteiger partial charge on any atom is -0.490 e. The molecule has 0 radical (unpaired) electrons. The Morgan fingerprint density at radius 2 is 1.38 bits per heavy atom. The Balaban J connectivity index is 0. The zero-order valence-electron chi connectivity index (χ0n) is 9.23. The average molecular weight is 270 g/mol. The first kappa shape index (κ1) is 17.3. The summed E-state index contributed by atoms with van der Waals surface area (Å²) in [7, 11) is 0. The predicted molar refractivity (Wildman–Crippen MR) is 69.9 cm³/mol. The molecule has 1 aromatic heterocycles. The number of rotatable bonds is 4. The quantitative estimate of drug-likeness (QED) is 0.872. The van der Waals surface area contributed by atoms with Gasteiger partial charge in [-0.15, -0.1) is 24.8 Å². The SMILES string of the molecule is CCOc1cc(OCC)c(N)nc1N.Cl.Cl. The second-order valence-corrected chi connectivity index (χ2v) is 2.62. The van der Waals surface area contributed by atoms with Gasteiger partial charge < -0.3 is 20.9 Å². The van der Waals surface area contributed by atoms with E-state index in [4.69, 9.17) is 20.9 Å². The zero-order valence-corrected chi connectivity index (χ0v) is 10.9. The van der Waals surface area contributed by atoms with Crippen LogP contribution in [0.2, 0.25) is 0 Å². The van der Waals surface area contributed by atoms with E-state index in [9.17, 15) is 0 Å². The highest BCUT2D eigenvalue weighted by Gasteiger charge is 2.08. The largest absolute Gasteiger partial charge is 0.490 e. The monoisotopic (exact) mass is 269 g/mol. The summed E-state index contributed by atoms with van der Waals surface area (Å²) < 4.78 is 10.5. The first-order chi connectivity index (χ1) is 6.69. The van der Waals surface area contributed by atoms with Gasteiger partial charge in [-0.1, -0.05) is 0 Å². The van der Waals surface area contributed by atoms with E-state index >= 15 is 0 Å². The second-order valence-electron chi connectivity index (χ2n) is 2.62. The maximum Gasteiger partial charge on any atom is 0.168 e. The van der Waals surface area contributed by atoms with Crippen LogP contribution < -0.4 is 20.9 Å². The van der Waals surface area contributed by atoms with Crippen LogP contribution in [0.25, 0.3) is 0 Å².